The Hall–Kier alpha value is -2.61. The third kappa shape index (κ3) is 2.69. The van der Waals surface area contributed by atoms with E-state index in [4.69, 9.17) is 4.52 Å². The van der Waals surface area contributed by atoms with Crippen molar-refractivity contribution in [2.75, 3.05) is 13.1 Å². The summed E-state index contributed by atoms with van der Waals surface area (Å²) in [5, 5.41) is 6.01. The van der Waals surface area contributed by atoms with Gasteiger partial charge in [-0.1, -0.05) is 5.16 Å². The molecule has 0 aromatic carbocycles. The summed E-state index contributed by atoms with van der Waals surface area (Å²) in [6, 6.07) is 1.97. The molecule has 0 bridgehead atoms. The fraction of sp³-hybridized carbons (Fsp3) is 0.312. The Morgan fingerprint density at radius 2 is 2.33 bits per heavy atom. The van der Waals surface area contributed by atoms with Crippen LogP contribution in [-0.2, 0) is 0 Å². The summed E-state index contributed by atoms with van der Waals surface area (Å²) >= 11 is 1.49. The molecule has 8 heteroatoms. The summed E-state index contributed by atoms with van der Waals surface area (Å²) in [5.74, 6) is 1.15. The SMILES string of the molecule is Cc1ccsc1C(=O)N1CCC(c2noc(-c3cnccn3)n2)C1. The molecule has 1 fully saturated rings. The highest BCUT2D eigenvalue weighted by Crippen LogP contribution is 2.29. The molecule has 24 heavy (non-hydrogen) atoms. The first-order chi connectivity index (χ1) is 11.7. The molecule has 0 N–H and O–H groups in total. The van der Waals surface area contributed by atoms with E-state index in [-0.39, 0.29) is 11.8 Å². The lowest BCUT2D eigenvalue weighted by molar-refractivity contribution is 0.0794. The Morgan fingerprint density at radius 3 is 3.08 bits per heavy atom. The molecule has 3 aromatic rings. The molecule has 0 spiro atoms. The monoisotopic (exact) mass is 341 g/mol. The number of rotatable bonds is 3. The van der Waals surface area contributed by atoms with Gasteiger partial charge in [-0.3, -0.25) is 9.78 Å². The molecular weight excluding hydrogens is 326 g/mol. The lowest BCUT2D eigenvalue weighted by Gasteiger charge is -2.15. The van der Waals surface area contributed by atoms with Crippen LogP contribution in [0.15, 0.2) is 34.6 Å². The molecule has 4 heterocycles. The van der Waals surface area contributed by atoms with Gasteiger partial charge in [-0.25, -0.2) is 4.98 Å². The molecule has 1 saturated heterocycles. The number of likely N-dealkylation sites (tertiary alicyclic amines) is 1. The maximum absolute atomic E-state index is 12.6. The summed E-state index contributed by atoms with van der Waals surface area (Å²) in [5.41, 5.74) is 1.58. The highest BCUT2D eigenvalue weighted by Gasteiger charge is 2.32. The molecular formula is C16H15N5O2S. The van der Waals surface area contributed by atoms with Gasteiger partial charge < -0.3 is 9.42 Å². The minimum atomic E-state index is 0.0858. The summed E-state index contributed by atoms with van der Waals surface area (Å²) in [6.07, 6.45) is 5.59. The van der Waals surface area contributed by atoms with Crippen molar-refractivity contribution >= 4 is 17.2 Å². The maximum Gasteiger partial charge on any atom is 0.278 e. The number of nitrogens with zero attached hydrogens (tertiary/aromatic N) is 5. The van der Waals surface area contributed by atoms with Crippen molar-refractivity contribution in [2.45, 2.75) is 19.3 Å². The molecule has 122 valence electrons. The first-order valence-corrected chi connectivity index (χ1v) is 8.53. The molecule has 1 atom stereocenters. The predicted octanol–water partition coefficient (Wildman–Crippen LogP) is 2.53. The van der Waals surface area contributed by atoms with Gasteiger partial charge in [0.1, 0.15) is 5.69 Å². The van der Waals surface area contributed by atoms with Crippen molar-refractivity contribution < 1.29 is 9.32 Å². The highest BCUT2D eigenvalue weighted by molar-refractivity contribution is 7.12. The minimum absolute atomic E-state index is 0.0858. The number of carbonyl (C=O) groups excluding carboxylic acids is 1. The normalized spacial score (nSPS) is 17.4. The lowest BCUT2D eigenvalue weighted by Crippen LogP contribution is -2.28. The van der Waals surface area contributed by atoms with Crippen LogP contribution in [0.2, 0.25) is 0 Å². The first kappa shape index (κ1) is 14.9. The third-order valence-corrected chi connectivity index (χ3v) is 5.13. The van der Waals surface area contributed by atoms with E-state index in [0.717, 1.165) is 16.9 Å². The van der Waals surface area contributed by atoms with Gasteiger partial charge in [0, 0.05) is 31.4 Å². The Morgan fingerprint density at radius 1 is 1.42 bits per heavy atom. The van der Waals surface area contributed by atoms with Crippen LogP contribution in [-0.4, -0.2) is 44.0 Å². The molecule has 1 aliphatic heterocycles. The third-order valence-electron chi connectivity index (χ3n) is 4.12. The molecule has 4 rings (SSSR count). The maximum atomic E-state index is 12.6. The Balaban J connectivity index is 1.49. The number of aryl methyl sites for hydroxylation is 1. The van der Waals surface area contributed by atoms with Crippen LogP contribution < -0.4 is 0 Å². The highest BCUT2D eigenvalue weighted by atomic mass is 32.1. The zero-order chi connectivity index (χ0) is 16.5. The van der Waals surface area contributed by atoms with Gasteiger partial charge in [0.2, 0.25) is 0 Å². The summed E-state index contributed by atoms with van der Waals surface area (Å²) < 4.78 is 5.29. The molecule has 0 aliphatic carbocycles. The molecule has 1 unspecified atom stereocenters. The number of amides is 1. The fourth-order valence-electron chi connectivity index (χ4n) is 2.81. The first-order valence-electron chi connectivity index (χ1n) is 7.65. The number of hydrogen-bond donors (Lipinski definition) is 0. The summed E-state index contributed by atoms with van der Waals surface area (Å²) in [6.45, 7) is 3.27. The number of hydrogen-bond acceptors (Lipinski definition) is 7. The molecule has 3 aromatic heterocycles. The van der Waals surface area contributed by atoms with Crippen LogP contribution in [0, 0.1) is 6.92 Å². The van der Waals surface area contributed by atoms with Gasteiger partial charge in [-0.15, -0.1) is 11.3 Å². The lowest BCUT2D eigenvalue weighted by atomic mass is 10.1. The molecule has 1 aliphatic rings. The van der Waals surface area contributed by atoms with E-state index in [1.54, 1.807) is 18.6 Å². The predicted molar refractivity (Wildman–Crippen MR) is 87.6 cm³/mol. The van der Waals surface area contributed by atoms with Crippen molar-refractivity contribution in [3.8, 4) is 11.6 Å². The van der Waals surface area contributed by atoms with E-state index >= 15 is 0 Å². The average molecular weight is 341 g/mol. The minimum Gasteiger partial charge on any atom is -0.337 e. The van der Waals surface area contributed by atoms with Gasteiger partial charge in [0.05, 0.1) is 11.1 Å². The van der Waals surface area contributed by atoms with E-state index in [9.17, 15) is 4.79 Å². The van der Waals surface area contributed by atoms with Gasteiger partial charge in [0.15, 0.2) is 5.82 Å². The van der Waals surface area contributed by atoms with Crippen LogP contribution >= 0.6 is 11.3 Å². The molecule has 0 radical (unpaired) electrons. The quantitative estimate of drug-likeness (QED) is 0.728. The second-order valence-electron chi connectivity index (χ2n) is 5.72. The van der Waals surface area contributed by atoms with Gasteiger partial charge in [-0.05, 0) is 30.4 Å². The van der Waals surface area contributed by atoms with E-state index in [0.29, 0.717) is 30.5 Å². The Bertz CT molecular complexity index is 860. The van der Waals surface area contributed by atoms with E-state index in [1.807, 2.05) is 23.3 Å². The van der Waals surface area contributed by atoms with Crippen LogP contribution in [0.25, 0.3) is 11.6 Å². The number of thiophene rings is 1. The number of aromatic nitrogens is 4. The van der Waals surface area contributed by atoms with Gasteiger partial charge >= 0.3 is 0 Å². The number of carbonyl (C=O) groups is 1. The largest absolute Gasteiger partial charge is 0.337 e. The van der Waals surface area contributed by atoms with Crippen molar-refractivity contribution in [3.05, 3.63) is 46.3 Å². The van der Waals surface area contributed by atoms with E-state index in [2.05, 4.69) is 20.1 Å². The molecule has 1 amide bonds. The smallest absolute Gasteiger partial charge is 0.278 e. The Labute approximate surface area is 142 Å². The van der Waals surface area contributed by atoms with Gasteiger partial charge in [-0.2, -0.15) is 4.98 Å². The molecule has 7 nitrogen and oxygen atoms in total. The second kappa shape index (κ2) is 6.12. The van der Waals surface area contributed by atoms with E-state index in [1.165, 1.54) is 11.3 Å². The average Bonchev–Trinajstić information content (AvgIpc) is 3.35. The van der Waals surface area contributed by atoms with Crippen LogP contribution in [0.4, 0.5) is 0 Å². The molecule has 0 saturated carbocycles. The van der Waals surface area contributed by atoms with Gasteiger partial charge in [0.25, 0.3) is 11.8 Å². The second-order valence-corrected chi connectivity index (χ2v) is 6.63. The standard InChI is InChI=1S/C16H15N5O2S/c1-10-3-7-24-13(10)16(22)21-6-2-11(9-21)14-19-15(23-20-14)12-8-17-4-5-18-12/h3-5,7-8,11H,2,6,9H2,1H3. The van der Waals surface area contributed by atoms with Crippen LogP contribution in [0.1, 0.15) is 33.4 Å². The van der Waals surface area contributed by atoms with Crippen LogP contribution in [0.5, 0.6) is 0 Å². The Kier molecular flexibility index (Phi) is 3.81. The van der Waals surface area contributed by atoms with Crippen molar-refractivity contribution in [2.24, 2.45) is 0 Å². The summed E-state index contributed by atoms with van der Waals surface area (Å²) in [7, 11) is 0. The summed E-state index contributed by atoms with van der Waals surface area (Å²) in [4.78, 5) is 27.8. The van der Waals surface area contributed by atoms with Crippen molar-refractivity contribution in [1.29, 1.82) is 0 Å². The van der Waals surface area contributed by atoms with E-state index < -0.39 is 0 Å². The zero-order valence-electron chi connectivity index (χ0n) is 13.0. The fourth-order valence-corrected chi connectivity index (χ4v) is 3.70. The van der Waals surface area contributed by atoms with Crippen LogP contribution in [0.3, 0.4) is 0 Å². The van der Waals surface area contributed by atoms with Crippen molar-refractivity contribution in [3.63, 3.8) is 0 Å². The van der Waals surface area contributed by atoms with Crippen molar-refractivity contribution in [1.82, 2.24) is 25.0 Å². The zero-order valence-corrected chi connectivity index (χ0v) is 13.9. The topological polar surface area (TPSA) is 85.0 Å².